The molecule has 0 aliphatic carbocycles. The molecule has 2 rings (SSSR count). The van der Waals surface area contributed by atoms with Gasteiger partial charge in [0.05, 0.1) is 19.3 Å². The zero-order valence-corrected chi connectivity index (χ0v) is 10.9. The van der Waals surface area contributed by atoms with Crippen LogP contribution in [0.2, 0.25) is 5.02 Å². The number of benzene rings is 1. The van der Waals surface area contributed by atoms with Crippen molar-refractivity contribution in [3.63, 3.8) is 0 Å². The van der Waals surface area contributed by atoms with Crippen molar-refractivity contribution in [3.05, 3.63) is 28.8 Å². The predicted octanol–water partition coefficient (Wildman–Crippen LogP) is 2.45. The molecule has 0 saturated carbocycles. The Morgan fingerprint density at radius 1 is 1.47 bits per heavy atom. The molecule has 1 heterocycles. The topological polar surface area (TPSA) is 32.7 Å². The molecule has 1 N–H and O–H groups in total. The maximum Gasteiger partial charge on any atom is 0.0723 e. The van der Waals surface area contributed by atoms with Gasteiger partial charge >= 0.3 is 0 Å². The van der Waals surface area contributed by atoms with Crippen LogP contribution in [0.25, 0.3) is 0 Å². The number of rotatable bonds is 2. The van der Waals surface area contributed by atoms with Crippen LogP contribution in [0, 0.1) is 0 Å². The van der Waals surface area contributed by atoms with Crippen molar-refractivity contribution in [2.24, 2.45) is 0 Å². The summed E-state index contributed by atoms with van der Waals surface area (Å²) in [5.74, 6) is 0. The van der Waals surface area contributed by atoms with Crippen molar-refractivity contribution in [1.29, 1.82) is 0 Å². The lowest BCUT2D eigenvalue weighted by molar-refractivity contribution is 0.0344. The second-order valence-corrected chi connectivity index (χ2v) is 4.99. The summed E-state index contributed by atoms with van der Waals surface area (Å²) < 4.78 is 5.60. The molecule has 0 radical (unpaired) electrons. The highest BCUT2D eigenvalue weighted by atomic mass is 35.5. The predicted molar refractivity (Wildman–Crippen MR) is 69.6 cm³/mol. The van der Waals surface area contributed by atoms with Gasteiger partial charge in [-0.05, 0) is 31.5 Å². The third-order valence-electron chi connectivity index (χ3n) is 3.15. The summed E-state index contributed by atoms with van der Waals surface area (Å²) in [6.45, 7) is 5.80. The van der Waals surface area contributed by atoms with E-state index in [4.69, 9.17) is 21.4 Å². The molecule has 3 nitrogen and oxygen atoms in total. The van der Waals surface area contributed by atoms with Crippen LogP contribution < -0.4 is 4.90 Å². The molecular weight excluding hydrogens is 238 g/mol. The molecule has 0 bridgehead atoms. The molecule has 1 aliphatic rings. The first kappa shape index (κ1) is 12.7. The zero-order chi connectivity index (χ0) is 12.4. The normalized spacial score (nSPS) is 25.1. The Balaban J connectivity index is 2.23. The molecule has 2 unspecified atom stereocenters. The Hall–Kier alpha value is -0.770. The van der Waals surface area contributed by atoms with Crippen molar-refractivity contribution in [1.82, 2.24) is 0 Å². The summed E-state index contributed by atoms with van der Waals surface area (Å²) in [6.07, 6.45) is 0.238. The lowest BCUT2D eigenvalue weighted by atomic mass is 10.1. The van der Waals surface area contributed by atoms with Crippen LogP contribution in [0.15, 0.2) is 18.2 Å². The summed E-state index contributed by atoms with van der Waals surface area (Å²) in [5.41, 5.74) is 1.86. The molecule has 1 aromatic rings. The van der Waals surface area contributed by atoms with Gasteiger partial charge in [0.25, 0.3) is 0 Å². The van der Waals surface area contributed by atoms with Gasteiger partial charge in [0, 0.05) is 23.3 Å². The third-order valence-corrected chi connectivity index (χ3v) is 3.50. The summed E-state index contributed by atoms with van der Waals surface area (Å²) in [4.78, 5) is 2.29. The molecule has 4 heteroatoms. The second-order valence-electron chi connectivity index (χ2n) is 4.58. The molecule has 0 spiro atoms. The molecule has 1 saturated heterocycles. The van der Waals surface area contributed by atoms with Crippen LogP contribution in [0.1, 0.15) is 19.4 Å². The lowest BCUT2D eigenvalue weighted by Gasteiger charge is -2.38. The van der Waals surface area contributed by atoms with Gasteiger partial charge in [0.15, 0.2) is 0 Å². The number of ether oxygens (including phenoxy) is 1. The Morgan fingerprint density at radius 2 is 2.24 bits per heavy atom. The van der Waals surface area contributed by atoms with E-state index in [9.17, 15) is 0 Å². The maximum absolute atomic E-state index is 9.10. The van der Waals surface area contributed by atoms with Gasteiger partial charge in [-0.1, -0.05) is 17.7 Å². The first-order valence-electron chi connectivity index (χ1n) is 5.89. The van der Waals surface area contributed by atoms with E-state index >= 15 is 0 Å². The van der Waals surface area contributed by atoms with E-state index < -0.39 is 0 Å². The summed E-state index contributed by atoms with van der Waals surface area (Å²) in [6, 6.07) is 6.15. The minimum atomic E-state index is -0.0197. The van der Waals surface area contributed by atoms with E-state index in [2.05, 4.69) is 18.7 Å². The Bertz CT molecular complexity index is 397. The van der Waals surface area contributed by atoms with Crippen LogP contribution >= 0.6 is 11.6 Å². The van der Waals surface area contributed by atoms with Crippen molar-refractivity contribution < 1.29 is 9.84 Å². The Labute approximate surface area is 107 Å². The average molecular weight is 256 g/mol. The van der Waals surface area contributed by atoms with E-state index in [-0.39, 0.29) is 12.7 Å². The molecule has 1 aromatic carbocycles. The zero-order valence-electron chi connectivity index (χ0n) is 10.2. The molecular formula is C13H18ClNO2. The molecule has 1 fully saturated rings. The first-order chi connectivity index (χ1) is 8.11. The summed E-state index contributed by atoms with van der Waals surface area (Å²) >= 11 is 6.11. The van der Waals surface area contributed by atoms with E-state index in [1.54, 1.807) is 0 Å². The fraction of sp³-hybridized carbons (Fsp3) is 0.538. The van der Waals surface area contributed by atoms with Crippen molar-refractivity contribution in [2.75, 3.05) is 18.1 Å². The minimum absolute atomic E-state index is 0.0197. The monoisotopic (exact) mass is 255 g/mol. The number of anilines is 1. The molecule has 0 aromatic heterocycles. The van der Waals surface area contributed by atoms with Crippen LogP contribution in [-0.2, 0) is 11.3 Å². The second kappa shape index (κ2) is 5.25. The standard InChI is InChI=1S/C13H18ClNO2/c1-9-8-17-10(2)6-15(9)12-4-3-11(7-16)13(14)5-12/h3-5,9-10,16H,6-8H2,1-2H3. The number of aliphatic hydroxyl groups is 1. The van der Waals surface area contributed by atoms with Gasteiger partial charge < -0.3 is 14.7 Å². The number of hydrogen-bond acceptors (Lipinski definition) is 3. The van der Waals surface area contributed by atoms with Crippen molar-refractivity contribution in [3.8, 4) is 0 Å². The van der Waals surface area contributed by atoms with Gasteiger partial charge in [-0.25, -0.2) is 0 Å². The van der Waals surface area contributed by atoms with E-state index in [0.29, 0.717) is 11.1 Å². The summed E-state index contributed by atoms with van der Waals surface area (Å²) in [5, 5.41) is 9.72. The van der Waals surface area contributed by atoms with Gasteiger partial charge in [-0.3, -0.25) is 0 Å². The number of nitrogens with zero attached hydrogens (tertiary/aromatic N) is 1. The number of hydrogen-bond donors (Lipinski definition) is 1. The molecule has 1 aliphatic heterocycles. The number of aliphatic hydroxyl groups excluding tert-OH is 1. The van der Waals surface area contributed by atoms with Gasteiger partial charge in [0.1, 0.15) is 0 Å². The SMILES string of the molecule is CC1CN(c2ccc(CO)c(Cl)c2)C(C)CO1. The van der Waals surface area contributed by atoms with Crippen LogP contribution in [0.4, 0.5) is 5.69 Å². The average Bonchev–Trinajstić information content (AvgIpc) is 2.32. The Morgan fingerprint density at radius 3 is 2.88 bits per heavy atom. The van der Waals surface area contributed by atoms with Crippen LogP contribution in [-0.4, -0.2) is 30.4 Å². The Kier molecular flexibility index (Phi) is 3.92. The largest absolute Gasteiger partial charge is 0.392 e. The maximum atomic E-state index is 9.10. The van der Waals surface area contributed by atoms with Gasteiger partial charge in [-0.15, -0.1) is 0 Å². The number of halogens is 1. The first-order valence-corrected chi connectivity index (χ1v) is 6.27. The smallest absolute Gasteiger partial charge is 0.0723 e. The fourth-order valence-electron chi connectivity index (χ4n) is 2.11. The quantitative estimate of drug-likeness (QED) is 0.881. The molecule has 17 heavy (non-hydrogen) atoms. The van der Waals surface area contributed by atoms with Crippen molar-refractivity contribution >= 4 is 17.3 Å². The third kappa shape index (κ3) is 2.73. The van der Waals surface area contributed by atoms with E-state index in [1.807, 2.05) is 18.2 Å². The molecule has 0 amide bonds. The molecule has 2 atom stereocenters. The van der Waals surface area contributed by atoms with E-state index in [0.717, 1.165) is 24.4 Å². The van der Waals surface area contributed by atoms with Gasteiger partial charge in [-0.2, -0.15) is 0 Å². The highest BCUT2D eigenvalue weighted by Gasteiger charge is 2.23. The fourth-order valence-corrected chi connectivity index (χ4v) is 2.34. The van der Waals surface area contributed by atoms with Crippen LogP contribution in [0.5, 0.6) is 0 Å². The highest BCUT2D eigenvalue weighted by Crippen LogP contribution is 2.27. The number of morpholine rings is 1. The highest BCUT2D eigenvalue weighted by molar-refractivity contribution is 6.31. The molecule has 94 valence electrons. The van der Waals surface area contributed by atoms with Gasteiger partial charge in [0.2, 0.25) is 0 Å². The van der Waals surface area contributed by atoms with Crippen LogP contribution in [0.3, 0.4) is 0 Å². The lowest BCUT2D eigenvalue weighted by Crippen LogP contribution is -2.47. The van der Waals surface area contributed by atoms with Crippen molar-refractivity contribution in [2.45, 2.75) is 32.6 Å². The summed E-state index contributed by atoms with van der Waals surface area (Å²) in [7, 11) is 0. The van der Waals surface area contributed by atoms with E-state index in [1.165, 1.54) is 0 Å². The minimum Gasteiger partial charge on any atom is -0.392 e.